The average Bonchev–Trinajstić information content (AvgIpc) is 3.32. The van der Waals surface area contributed by atoms with Crippen LogP contribution in [0.15, 0.2) is 24.5 Å². The van der Waals surface area contributed by atoms with E-state index in [1.807, 2.05) is 17.2 Å². The van der Waals surface area contributed by atoms with Gasteiger partial charge in [0.1, 0.15) is 5.82 Å². The summed E-state index contributed by atoms with van der Waals surface area (Å²) in [6, 6.07) is 4.04. The molecule has 1 fully saturated rings. The number of hydrogen-bond donors (Lipinski definition) is 1. The number of carbonyl (C=O) groups is 1. The third-order valence-corrected chi connectivity index (χ3v) is 5.44. The van der Waals surface area contributed by atoms with E-state index in [-0.39, 0.29) is 18.1 Å². The first-order valence-electron chi connectivity index (χ1n) is 8.63. The Morgan fingerprint density at radius 3 is 2.92 bits per heavy atom. The molecule has 0 bridgehead atoms. The van der Waals surface area contributed by atoms with Crippen molar-refractivity contribution in [1.82, 2.24) is 14.9 Å². The number of nitrogens with zero attached hydrogens (tertiary/aromatic N) is 2. The lowest BCUT2D eigenvalue weighted by Gasteiger charge is -2.24. The molecule has 1 N–H and O–H groups in total. The number of amides is 1. The molecule has 0 radical (unpaired) electrons. The van der Waals surface area contributed by atoms with Crippen LogP contribution in [0.2, 0.25) is 0 Å². The number of rotatable bonds is 3. The molecule has 2 aliphatic rings. The molecule has 1 aliphatic carbocycles. The highest BCUT2D eigenvalue weighted by Gasteiger charge is 2.39. The van der Waals surface area contributed by atoms with E-state index in [0.717, 1.165) is 37.1 Å². The number of aromatic nitrogens is 2. The Labute approximate surface area is 142 Å². The third-order valence-electron chi connectivity index (χ3n) is 5.44. The molecule has 1 unspecified atom stereocenters. The number of methoxy groups -OCH3 is 1. The van der Waals surface area contributed by atoms with E-state index in [1.165, 1.54) is 16.7 Å². The lowest BCUT2D eigenvalue weighted by molar-refractivity contribution is 0.0683. The summed E-state index contributed by atoms with van der Waals surface area (Å²) in [5.74, 6) is 0.945. The Balaban J connectivity index is 1.69. The van der Waals surface area contributed by atoms with Crippen LogP contribution in [0.1, 0.15) is 51.8 Å². The van der Waals surface area contributed by atoms with Crippen LogP contribution in [-0.2, 0) is 17.6 Å². The van der Waals surface area contributed by atoms with Gasteiger partial charge in [0.05, 0.1) is 12.1 Å². The SMILES string of the molecule is CO[C@@H]1CC(c2ncc[nH]2)N(C(=O)c2ccc(C)c3c2CCC3)C1. The van der Waals surface area contributed by atoms with Crippen LogP contribution in [0, 0.1) is 6.92 Å². The van der Waals surface area contributed by atoms with Crippen molar-refractivity contribution >= 4 is 5.91 Å². The van der Waals surface area contributed by atoms with Gasteiger partial charge in [0, 0.05) is 38.0 Å². The fraction of sp³-hybridized carbons (Fsp3) is 0.474. The Morgan fingerprint density at radius 1 is 1.33 bits per heavy atom. The molecule has 1 saturated heterocycles. The van der Waals surface area contributed by atoms with Crippen molar-refractivity contribution in [2.24, 2.45) is 0 Å². The van der Waals surface area contributed by atoms with E-state index in [0.29, 0.717) is 6.54 Å². The van der Waals surface area contributed by atoms with Gasteiger partial charge in [-0.25, -0.2) is 4.98 Å². The zero-order valence-corrected chi connectivity index (χ0v) is 14.2. The molecule has 5 heteroatoms. The number of hydrogen-bond acceptors (Lipinski definition) is 3. The summed E-state index contributed by atoms with van der Waals surface area (Å²) in [6.45, 7) is 2.75. The number of nitrogens with one attached hydrogen (secondary N) is 1. The van der Waals surface area contributed by atoms with E-state index in [1.54, 1.807) is 13.3 Å². The van der Waals surface area contributed by atoms with E-state index < -0.39 is 0 Å². The molecule has 1 aliphatic heterocycles. The van der Waals surface area contributed by atoms with Crippen molar-refractivity contribution in [2.45, 2.75) is 44.8 Å². The van der Waals surface area contributed by atoms with Crippen LogP contribution in [0.5, 0.6) is 0 Å². The summed E-state index contributed by atoms with van der Waals surface area (Å²) >= 11 is 0. The predicted octanol–water partition coefficient (Wildman–Crippen LogP) is 2.81. The number of imidazole rings is 1. The van der Waals surface area contributed by atoms with Crippen LogP contribution in [0.4, 0.5) is 0 Å². The fourth-order valence-corrected chi connectivity index (χ4v) is 4.15. The van der Waals surface area contributed by atoms with Crippen LogP contribution in [0.25, 0.3) is 0 Å². The average molecular weight is 325 g/mol. The normalized spacial score (nSPS) is 22.8. The molecule has 0 saturated carbocycles. The number of benzene rings is 1. The molecule has 5 nitrogen and oxygen atoms in total. The monoisotopic (exact) mass is 325 g/mol. The largest absolute Gasteiger partial charge is 0.380 e. The zero-order valence-electron chi connectivity index (χ0n) is 14.2. The van der Waals surface area contributed by atoms with Gasteiger partial charge in [0.25, 0.3) is 5.91 Å². The van der Waals surface area contributed by atoms with E-state index >= 15 is 0 Å². The summed E-state index contributed by atoms with van der Waals surface area (Å²) < 4.78 is 5.53. The predicted molar refractivity (Wildman–Crippen MR) is 91.0 cm³/mol. The quantitative estimate of drug-likeness (QED) is 0.944. The molecule has 2 heterocycles. The third kappa shape index (κ3) is 2.44. The van der Waals surface area contributed by atoms with Crippen LogP contribution >= 0.6 is 0 Å². The molecule has 1 aromatic carbocycles. The minimum Gasteiger partial charge on any atom is -0.380 e. The first-order valence-corrected chi connectivity index (χ1v) is 8.63. The van der Waals surface area contributed by atoms with E-state index in [4.69, 9.17) is 4.74 Å². The molecule has 24 heavy (non-hydrogen) atoms. The molecular formula is C19H23N3O2. The van der Waals surface area contributed by atoms with Gasteiger partial charge in [-0.15, -0.1) is 0 Å². The maximum absolute atomic E-state index is 13.3. The smallest absolute Gasteiger partial charge is 0.254 e. The summed E-state index contributed by atoms with van der Waals surface area (Å²) in [6.07, 6.45) is 7.62. The molecular weight excluding hydrogens is 302 g/mol. The standard InChI is InChI=1S/C19H23N3O2/c1-12-6-7-16(15-5-3-4-14(12)15)19(23)22-11-13(24-2)10-17(22)18-20-8-9-21-18/h6-9,13,17H,3-5,10-11H2,1-2H3,(H,20,21)/t13-,17?/m1/s1. The number of carbonyl (C=O) groups excluding carboxylic acids is 1. The lowest BCUT2D eigenvalue weighted by atomic mass is 9.98. The van der Waals surface area contributed by atoms with Crippen molar-refractivity contribution in [3.63, 3.8) is 0 Å². The molecule has 2 atom stereocenters. The Hall–Kier alpha value is -2.14. The van der Waals surface area contributed by atoms with Crippen LogP contribution < -0.4 is 0 Å². The summed E-state index contributed by atoms with van der Waals surface area (Å²) in [5, 5.41) is 0. The lowest BCUT2D eigenvalue weighted by Crippen LogP contribution is -2.33. The van der Waals surface area contributed by atoms with E-state index in [2.05, 4.69) is 23.0 Å². The second-order valence-corrected chi connectivity index (χ2v) is 6.78. The number of aromatic amines is 1. The van der Waals surface area contributed by atoms with Crippen molar-refractivity contribution in [1.29, 1.82) is 0 Å². The highest BCUT2D eigenvalue weighted by atomic mass is 16.5. The minimum absolute atomic E-state index is 0.0455. The molecule has 4 rings (SSSR count). The zero-order chi connectivity index (χ0) is 16.7. The molecule has 126 valence electrons. The van der Waals surface area contributed by atoms with Crippen LogP contribution in [-0.4, -0.2) is 40.5 Å². The van der Waals surface area contributed by atoms with Crippen molar-refractivity contribution in [3.8, 4) is 0 Å². The van der Waals surface area contributed by atoms with Gasteiger partial charge in [-0.2, -0.15) is 0 Å². The van der Waals surface area contributed by atoms with Gasteiger partial charge in [-0.05, 0) is 48.9 Å². The Morgan fingerprint density at radius 2 is 2.17 bits per heavy atom. The topological polar surface area (TPSA) is 58.2 Å². The Kier molecular flexibility index (Phi) is 3.88. The first kappa shape index (κ1) is 15.4. The first-order chi connectivity index (χ1) is 11.7. The fourth-order valence-electron chi connectivity index (χ4n) is 4.15. The van der Waals surface area contributed by atoms with Gasteiger partial charge in [-0.3, -0.25) is 4.79 Å². The number of ether oxygens (including phenoxy) is 1. The molecule has 1 aromatic heterocycles. The second kappa shape index (κ2) is 6.06. The summed E-state index contributed by atoms with van der Waals surface area (Å²) in [4.78, 5) is 22.8. The Bertz CT molecular complexity index is 754. The second-order valence-electron chi connectivity index (χ2n) is 6.78. The van der Waals surface area contributed by atoms with Gasteiger partial charge in [0.2, 0.25) is 0 Å². The highest BCUT2D eigenvalue weighted by Crippen LogP contribution is 2.35. The van der Waals surface area contributed by atoms with Crippen molar-refractivity contribution in [2.75, 3.05) is 13.7 Å². The number of H-pyrrole nitrogens is 1. The van der Waals surface area contributed by atoms with Gasteiger partial charge in [0.15, 0.2) is 0 Å². The van der Waals surface area contributed by atoms with Gasteiger partial charge < -0.3 is 14.6 Å². The number of likely N-dealkylation sites (tertiary alicyclic amines) is 1. The van der Waals surface area contributed by atoms with Gasteiger partial charge >= 0.3 is 0 Å². The number of fused-ring (bicyclic) bond motifs is 1. The highest BCUT2D eigenvalue weighted by molar-refractivity contribution is 5.96. The maximum atomic E-state index is 13.3. The van der Waals surface area contributed by atoms with Crippen molar-refractivity contribution in [3.05, 3.63) is 52.6 Å². The molecule has 0 spiro atoms. The van der Waals surface area contributed by atoms with Crippen molar-refractivity contribution < 1.29 is 9.53 Å². The van der Waals surface area contributed by atoms with Gasteiger partial charge in [-0.1, -0.05) is 6.07 Å². The summed E-state index contributed by atoms with van der Waals surface area (Å²) in [5.41, 5.74) is 4.79. The minimum atomic E-state index is -0.0455. The van der Waals surface area contributed by atoms with E-state index in [9.17, 15) is 4.79 Å². The molecule has 1 amide bonds. The summed E-state index contributed by atoms with van der Waals surface area (Å²) in [7, 11) is 1.71. The number of aryl methyl sites for hydroxylation is 1. The maximum Gasteiger partial charge on any atom is 0.254 e. The van der Waals surface area contributed by atoms with Crippen LogP contribution in [0.3, 0.4) is 0 Å². The molecule has 2 aromatic rings.